The highest BCUT2D eigenvalue weighted by Gasteiger charge is 2.28. The number of nitrogens with zero attached hydrogens (tertiary/aromatic N) is 3. The maximum atomic E-state index is 12.7. The van der Waals surface area contributed by atoms with Crippen LogP contribution in [0.25, 0.3) is 11.4 Å². The number of piperidine rings is 1. The van der Waals surface area contributed by atoms with Gasteiger partial charge in [0.1, 0.15) is 0 Å². The van der Waals surface area contributed by atoms with E-state index in [1.54, 1.807) is 12.1 Å². The maximum Gasteiger partial charge on any atom is 0.321 e. The van der Waals surface area contributed by atoms with Crippen molar-refractivity contribution < 1.29 is 9.32 Å². The summed E-state index contributed by atoms with van der Waals surface area (Å²) in [4.78, 5) is 19.1. The lowest BCUT2D eigenvalue weighted by molar-refractivity contribution is 0.184. The minimum absolute atomic E-state index is 0.0254. The monoisotopic (exact) mass is 410 g/mol. The molecule has 4 rings (SSSR count). The summed E-state index contributed by atoms with van der Waals surface area (Å²) in [5.41, 5.74) is 2.86. The number of anilines is 1. The SMILES string of the molecule is CCc1ccc(NC(=O)N2CCCC(c3nc(-c4cccc(Cl)c4)no3)C2)cc1. The molecule has 1 fully saturated rings. The Balaban J connectivity index is 1.42. The van der Waals surface area contributed by atoms with Crippen molar-refractivity contribution in [1.82, 2.24) is 15.0 Å². The molecule has 1 unspecified atom stereocenters. The van der Waals surface area contributed by atoms with E-state index < -0.39 is 0 Å². The summed E-state index contributed by atoms with van der Waals surface area (Å²) in [6.07, 6.45) is 2.78. The molecule has 1 atom stereocenters. The fourth-order valence-electron chi connectivity index (χ4n) is 3.54. The third kappa shape index (κ3) is 4.59. The summed E-state index contributed by atoms with van der Waals surface area (Å²) in [6, 6.07) is 15.2. The fourth-order valence-corrected chi connectivity index (χ4v) is 3.73. The van der Waals surface area contributed by atoms with E-state index in [2.05, 4.69) is 22.4 Å². The molecule has 6 nitrogen and oxygen atoms in total. The van der Waals surface area contributed by atoms with Crippen molar-refractivity contribution in [2.24, 2.45) is 0 Å². The molecule has 2 heterocycles. The summed E-state index contributed by atoms with van der Waals surface area (Å²) in [6.45, 7) is 3.37. The number of hydrogen-bond acceptors (Lipinski definition) is 4. The lowest BCUT2D eigenvalue weighted by Gasteiger charge is -2.31. The van der Waals surface area contributed by atoms with Gasteiger partial charge < -0.3 is 14.7 Å². The first kappa shape index (κ1) is 19.5. The first-order valence-corrected chi connectivity index (χ1v) is 10.2. The van der Waals surface area contributed by atoms with Crippen molar-refractivity contribution in [2.75, 3.05) is 18.4 Å². The Morgan fingerprint density at radius 3 is 2.86 bits per heavy atom. The van der Waals surface area contributed by atoms with Gasteiger partial charge in [0.2, 0.25) is 11.7 Å². The zero-order chi connectivity index (χ0) is 20.2. The van der Waals surface area contributed by atoms with Crippen LogP contribution in [0.4, 0.5) is 10.5 Å². The summed E-state index contributed by atoms with van der Waals surface area (Å²) in [5.74, 6) is 1.10. The molecule has 1 aliphatic heterocycles. The molecule has 29 heavy (non-hydrogen) atoms. The van der Waals surface area contributed by atoms with Crippen LogP contribution < -0.4 is 5.32 Å². The van der Waals surface area contributed by atoms with Crippen LogP contribution in [-0.4, -0.2) is 34.2 Å². The highest BCUT2D eigenvalue weighted by Crippen LogP contribution is 2.28. The maximum absolute atomic E-state index is 12.7. The van der Waals surface area contributed by atoms with Crippen molar-refractivity contribution in [1.29, 1.82) is 0 Å². The van der Waals surface area contributed by atoms with E-state index in [0.29, 0.717) is 29.8 Å². The van der Waals surface area contributed by atoms with Crippen LogP contribution in [0, 0.1) is 0 Å². The molecule has 0 radical (unpaired) electrons. The number of amides is 2. The molecule has 0 aliphatic carbocycles. The molecule has 1 saturated heterocycles. The molecular formula is C22H23ClN4O2. The van der Waals surface area contributed by atoms with Gasteiger partial charge in [-0.25, -0.2) is 4.79 Å². The van der Waals surface area contributed by atoms with Gasteiger partial charge in [0.05, 0.1) is 5.92 Å². The quantitative estimate of drug-likeness (QED) is 0.628. The van der Waals surface area contributed by atoms with Gasteiger partial charge >= 0.3 is 6.03 Å². The molecule has 7 heteroatoms. The molecule has 2 amide bonds. The van der Waals surface area contributed by atoms with Crippen molar-refractivity contribution in [2.45, 2.75) is 32.1 Å². The Morgan fingerprint density at radius 1 is 1.28 bits per heavy atom. The average molecular weight is 411 g/mol. The van der Waals surface area contributed by atoms with Crippen LogP contribution in [0.5, 0.6) is 0 Å². The van der Waals surface area contributed by atoms with Gasteiger partial charge in [-0.05, 0) is 49.1 Å². The van der Waals surface area contributed by atoms with E-state index in [0.717, 1.165) is 30.5 Å². The Kier molecular flexibility index (Phi) is 5.81. The molecule has 1 aromatic heterocycles. The standard InChI is InChI=1S/C22H23ClN4O2/c1-2-15-8-10-19(11-9-15)24-22(28)27-12-4-6-17(14-27)21-25-20(26-29-21)16-5-3-7-18(23)13-16/h3,5,7-11,13,17H,2,4,6,12,14H2,1H3,(H,24,28). The second-order valence-electron chi connectivity index (χ2n) is 7.23. The second-order valence-corrected chi connectivity index (χ2v) is 7.67. The predicted molar refractivity (Wildman–Crippen MR) is 113 cm³/mol. The van der Waals surface area contributed by atoms with Crippen molar-refractivity contribution in [3.05, 3.63) is 65.0 Å². The van der Waals surface area contributed by atoms with E-state index in [1.807, 2.05) is 41.3 Å². The van der Waals surface area contributed by atoms with Crippen LogP contribution in [0.2, 0.25) is 5.02 Å². The number of carbonyl (C=O) groups is 1. The number of aromatic nitrogens is 2. The minimum atomic E-state index is -0.103. The number of halogens is 1. The number of nitrogens with one attached hydrogen (secondary N) is 1. The number of carbonyl (C=O) groups excluding carboxylic acids is 1. The third-order valence-electron chi connectivity index (χ3n) is 5.20. The Labute approximate surface area is 174 Å². The number of likely N-dealkylation sites (tertiary alicyclic amines) is 1. The van der Waals surface area contributed by atoms with E-state index >= 15 is 0 Å². The van der Waals surface area contributed by atoms with Crippen LogP contribution in [0.1, 0.15) is 37.1 Å². The van der Waals surface area contributed by atoms with Gasteiger partial charge in [0.15, 0.2) is 0 Å². The second kappa shape index (κ2) is 8.66. The lowest BCUT2D eigenvalue weighted by atomic mass is 9.98. The van der Waals surface area contributed by atoms with Gasteiger partial charge in [0.25, 0.3) is 0 Å². The van der Waals surface area contributed by atoms with Crippen LogP contribution in [0.3, 0.4) is 0 Å². The molecule has 3 aromatic rings. The van der Waals surface area contributed by atoms with Gasteiger partial charge in [-0.3, -0.25) is 0 Å². The van der Waals surface area contributed by atoms with Gasteiger partial charge in [-0.1, -0.05) is 47.9 Å². The normalized spacial score (nSPS) is 16.6. The Morgan fingerprint density at radius 2 is 2.10 bits per heavy atom. The van der Waals surface area contributed by atoms with E-state index in [1.165, 1.54) is 5.56 Å². The highest BCUT2D eigenvalue weighted by molar-refractivity contribution is 6.30. The predicted octanol–water partition coefficient (Wildman–Crippen LogP) is 5.36. The summed E-state index contributed by atoms with van der Waals surface area (Å²) < 4.78 is 5.51. The zero-order valence-electron chi connectivity index (χ0n) is 16.3. The van der Waals surface area contributed by atoms with Gasteiger partial charge in [0, 0.05) is 29.4 Å². The first-order valence-electron chi connectivity index (χ1n) is 9.87. The molecule has 1 aliphatic rings. The van der Waals surface area contributed by atoms with E-state index in [9.17, 15) is 4.79 Å². The molecule has 0 bridgehead atoms. The summed E-state index contributed by atoms with van der Waals surface area (Å²) in [5, 5.41) is 7.70. The molecule has 150 valence electrons. The summed E-state index contributed by atoms with van der Waals surface area (Å²) >= 11 is 6.05. The molecule has 0 spiro atoms. The van der Waals surface area contributed by atoms with Crippen LogP contribution >= 0.6 is 11.6 Å². The van der Waals surface area contributed by atoms with Crippen LogP contribution in [0.15, 0.2) is 53.1 Å². The largest absolute Gasteiger partial charge is 0.339 e. The molecule has 2 aromatic carbocycles. The van der Waals surface area contributed by atoms with Gasteiger partial charge in [-0.15, -0.1) is 0 Å². The van der Waals surface area contributed by atoms with E-state index in [-0.39, 0.29) is 11.9 Å². The number of hydrogen-bond donors (Lipinski definition) is 1. The van der Waals surface area contributed by atoms with E-state index in [4.69, 9.17) is 16.1 Å². The number of aryl methyl sites for hydroxylation is 1. The zero-order valence-corrected chi connectivity index (χ0v) is 17.0. The van der Waals surface area contributed by atoms with Crippen molar-refractivity contribution in [3.8, 4) is 11.4 Å². The van der Waals surface area contributed by atoms with Crippen LogP contribution in [-0.2, 0) is 6.42 Å². The van der Waals surface area contributed by atoms with Crippen molar-refractivity contribution in [3.63, 3.8) is 0 Å². The minimum Gasteiger partial charge on any atom is -0.339 e. The average Bonchev–Trinajstić information content (AvgIpc) is 3.25. The topological polar surface area (TPSA) is 71.3 Å². The molecular weight excluding hydrogens is 388 g/mol. The Bertz CT molecular complexity index is 986. The third-order valence-corrected chi connectivity index (χ3v) is 5.43. The van der Waals surface area contributed by atoms with Crippen molar-refractivity contribution >= 4 is 23.3 Å². The lowest BCUT2D eigenvalue weighted by Crippen LogP contribution is -2.41. The Hall–Kier alpha value is -2.86. The van der Waals surface area contributed by atoms with Gasteiger partial charge in [-0.2, -0.15) is 4.98 Å². The highest BCUT2D eigenvalue weighted by atomic mass is 35.5. The first-order chi connectivity index (χ1) is 14.1. The summed E-state index contributed by atoms with van der Waals surface area (Å²) in [7, 11) is 0. The smallest absolute Gasteiger partial charge is 0.321 e. The molecule has 1 N–H and O–H groups in total. The number of rotatable bonds is 4. The number of benzene rings is 2. The molecule has 0 saturated carbocycles. The fraction of sp³-hybridized carbons (Fsp3) is 0.318. The number of urea groups is 1.